The van der Waals surface area contributed by atoms with Crippen LogP contribution in [0.1, 0.15) is 46.4 Å². The summed E-state index contributed by atoms with van der Waals surface area (Å²) in [6, 6.07) is 4.26. The van der Waals surface area contributed by atoms with Crippen LogP contribution >= 0.6 is 0 Å². The van der Waals surface area contributed by atoms with Gasteiger partial charge in [-0.05, 0) is 25.0 Å². The molecule has 2 aromatic heterocycles. The molecule has 0 aliphatic carbocycles. The van der Waals surface area contributed by atoms with Gasteiger partial charge in [0, 0.05) is 29.9 Å². The molecule has 0 aromatic carbocycles. The summed E-state index contributed by atoms with van der Waals surface area (Å²) < 4.78 is 0. The van der Waals surface area contributed by atoms with E-state index >= 15 is 0 Å². The van der Waals surface area contributed by atoms with Crippen molar-refractivity contribution < 1.29 is 1.43 Å². The summed E-state index contributed by atoms with van der Waals surface area (Å²) in [5, 5.41) is 1.20. The van der Waals surface area contributed by atoms with Crippen molar-refractivity contribution in [3.8, 4) is 0 Å². The second kappa shape index (κ2) is 4.96. The lowest BCUT2D eigenvalue weighted by atomic mass is 10.1. The van der Waals surface area contributed by atoms with Crippen molar-refractivity contribution in [1.29, 1.82) is 0 Å². The zero-order chi connectivity index (χ0) is 11.4. The standard InChI is InChI=1S/C11H14N2.C2H6.H2/c1-7(2)10-5-9-6-12-8(3)4-11(9)13-10;1-2;/h4-7,13H,1-3H3;1-2H3;1H. The number of hydrogen-bond donors (Lipinski definition) is 1. The van der Waals surface area contributed by atoms with Gasteiger partial charge in [-0.25, -0.2) is 0 Å². The van der Waals surface area contributed by atoms with Crippen molar-refractivity contribution in [2.45, 2.75) is 40.5 Å². The van der Waals surface area contributed by atoms with Gasteiger partial charge in [0.15, 0.2) is 0 Å². The Labute approximate surface area is 93.2 Å². The molecule has 2 rings (SSSR count). The number of rotatable bonds is 1. The van der Waals surface area contributed by atoms with E-state index in [9.17, 15) is 0 Å². The van der Waals surface area contributed by atoms with E-state index < -0.39 is 0 Å². The van der Waals surface area contributed by atoms with Crippen molar-refractivity contribution in [2.75, 3.05) is 0 Å². The van der Waals surface area contributed by atoms with E-state index in [0.717, 1.165) is 5.69 Å². The summed E-state index contributed by atoms with van der Waals surface area (Å²) in [7, 11) is 0. The molecular weight excluding hydrogens is 184 g/mol. The molecule has 15 heavy (non-hydrogen) atoms. The minimum absolute atomic E-state index is 0. The van der Waals surface area contributed by atoms with Crippen LogP contribution in [0.4, 0.5) is 0 Å². The van der Waals surface area contributed by atoms with Gasteiger partial charge in [-0.1, -0.05) is 27.7 Å². The Hall–Kier alpha value is -1.31. The maximum atomic E-state index is 4.26. The molecule has 2 heterocycles. The first-order valence-corrected chi connectivity index (χ1v) is 5.62. The summed E-state index contributed by atoms with van der Waals surface area (Å²) in [6.07, 6.45) is 1.92. The fourth-order valence-electron chi connectivity index (χ4n) is 1.46. The molecule has 0 spiro atoms. The lowest BCUT2D eigenvalue weighted by molar-refractivity contribution is 0.836. The van der Waals surface area contributed by atoms with E-state index in [1.54, 1.807) is 0 Å². The summed E-state index contributed by atoms with van der Waals surface area (Å²) in [5.74, 6) is 0.549. The van der Waals surface area contributed by atoms with Crippen molar-refractivity contribution in [3.05, 3.63) is 29.7 Å². The quantitative estimate of drug-likeness (QED) is 0.741. The first kappa shape index (κ1) is 11.8. The monoisotopic (exact) mass is 206 g/mol. The van der Waals surface area contributed by atoms with Crippen LogP contribution in [0.3, 0.4) is 0 Å². The largest absolute Gasteiger partial charge is 0.358 e. The van der Waals surface area contributed by atoms with Gasteiger partial charge in [0.05, 0.1) is 0 Å². The maximum Gasteiger partial charge on any atom is 0.0489 e. The topological polar surface area (TPSA) is 28.7 Å². The molecule has 0 aliphatic heterocycles. The molecule has 0 radical (unpaired) electrons. The van der Waals surface area contributed by atoms with Gasteiger partial charge in [-0.2, -0.15) is 0 Å². The third kappa shape index (κ3) is 2.58. The van der Waals surface area contributed by atoms with E-state index in [2.05, 4.69) is 35.9 Å². The Morgan fingerprint density at radius 1 is 1.27 bits per heavy atom. The van der Waals surface area contributed by atoms with Gasteiger partial charge < -0.3 is 4.98 Å². The highest BCUT2D eigenvalue weighted by Crippen LogP contribution is 2.20. The van der Waals surface area contributed by atoms with Crippen molar-refractivity contribution >= 4 is 10.9 Å². The average Bonchev–Trinajstić information content (AvgIpc) is 2.63. The van der Waals surface area contributed by atoms with Gasteiger partial charge in [-0.3, -0.25) is 4.98 Å². The number of nitrogens with zero attached hydrogens (tertiary/aromatic N) is 1. The molecule has 0 bridgehead atoms. The van der Waals surface area contributed by atoms with Gasteiger partial charge >= 0.3 is 0 Å². The van der Waals surface area contributed by atoms with Crippen LogP contribution in [0.25, 0.3) is 10.9 Å². The zero-order valence-electron chi connectivity index (χ0n) is 10.3. The average molecular weight is 206 g/mol. The first-order chi connectivity index (χ1) is 7.16. The first-order valence-electron chi connectivity index (χ1n) is 5.62. The Bertz CT molecular complexity index is 432. The van der Waals surface area contributed by atoms with Gasteiger partial charge in [-0.15, -0.1) is 0 Å². The van der Waals surface area contributed by atoms with Gasteiger partial charge in [0.1, 0.15) is 0 Å². The molecule has 0 amide bonds. The number of aromatic nitrogens is 2. The molecule has 0 saturated heterocycles. The number of H-pyrrole nitrogens is 1. The number of fused-ring (bicyclic) bond motifs is 1. The molecule has 0 saturated carbocycles. The van der Waals surface area contributed by atoms with Crippen LogP contribution in [0.2, 0.25) is 0 Å². The number of pyridine rings is 1. The Morgan fingerprint density at radius 2 is 1.93 bits per heavy atom. The molecule has 0 unspecified atom stereocenters. The number of aryl methyl sites for hydroxylation is 1. The molecule has 2 heteroatoms. The van der Waals surface area contributed by atoms with E-state index in [1.807, 2.05) is 27.0 Å². The Kier molecular flexibility index (Phi) is 3.89. The van der Waals surface area contributed by atoms with Crippen LogP contribution in [0.15, 0.2) is 18.3 Å². The predicted octanol–water partition coefficient (Wildman–Crippen LogP) is 4.27. The van der Waals surface area contributed by atoms with Gasteiger partial charge in [0.2, 0.25) is 0 Å². The minimum Gasteiger partial charge on any atom is -0.358 e. The Morgan fingerprint density at radius 3 is 2.53 bits per heavy atom. The van der Waals surface area contributed by atoms with E-state index in [1.165, 1.54) is 16.6 Å². The van der Waals surface area contributed by atoms with Crippen molar-refractivity contribution in [3.63, 3.8) is 0 Å². The zero-order valence-corrected chi connectivity index (χ0v) is 10.3. The lowest BCUT2D eigenvalue weighted by Gasteiger charge is -1.97. The molecule has 2 aromatic rings. The molecule has 0 aliphatic rings. The smallest absolute Gasteiger partial charge is 0.0489 e. The maximum absolute atomic E-state index is 4.26. The second-order valence-electron chi connectivity index (χ2n) is 3.79. The van der Waals surface area contributed by atoms with E-state index in [0.29, 0.717) is 5.92 Å². The predicted molar refractivity (Wildman–Crippen MR) is 68.4 cm³/mol. The molecule has 1 N–H and O–H groups in total. The second-order valence-corrected chi connectivity index (χ2v) is 3.79. The molecule has 0 atom stereocenters. The van der Waals surface area contributed by atoms with Crippen LogP contribution in [0, 0.1) is 6.92 Å². The third-order valence-electron chi connectivity index (χ3n) is 2.28. The number of nitrogens with one attached hydrogen (secondary N) is 1. The molecule has 84 valence electrons. The van der Waals surface area contributed by atoms with Crippen molar-refractivity contribution in [2.24, 2.45) is 0 Å². The van der Waals surface area contributed by atoms with Crippen LogP contribution in [-0.2, 0) is 0 Å². The van der Waals surface area contributed by atoms with E-state index in [-0.39, 0.29) is 1.43 Å². The third-order valence-corrected chi connectivity index (χ3v) is 2.28. The Balaban J connectivity index is 0.000000711. The molecule has 0 fully saturated rings. The molecule has 2 nitrogen and oxygen atoms in total. The summed E-state index contributed by atoms with van der Waals surface area (Å²) in [5.41, 5.74) is 3.53. The van der Waals surface area contributed by atoms with Crippen LogP contribution in [0.5, 0.6) is 0 Å². The minimum atomic E-state index is 0. The van der Waals surface area contributed by atoms with Crippen LogP contribution < -0.4 is 0 Å². The SMILES string of the molecule is CC.Cc1cc2[nH]c(C(C)C)cc2cn1.[HH]. The van der Waals surface area contributed by atoms with Crippen molar-refractivity contribution in [1.82, 2.24) is 9.97 Å². The normalized spacial score (nSPS) is 10.3. The number of hydrogen-bond acceptors (Lipinski definition) is 1. The van der Waals surface area contributed by atoms with Crippen LogP contribution in [-0.4, -0.2) is 9.97 Å². The summed E-state index contributed by atoms with van der Waals surface area (Å²) >= 11 is 0. The highest BCUT2D eigenvalue weighted by Gasteiger charge is 2.03. The highest BCUT2D eigenvalue weighted by molar-refractivity contribution is 5.79. The fourth-order valence-corrected chi connectivity index (χ4v) is 1.46. The summed E-state index contributed by atoms with van der Waals surface area (Å²) in [4.78, 5) is 7.66. The number of aromatic amines is 1. The fraction of sp³-hybridized carbons (Fsp3) is 0.462. The molecular formula is C13H22N2. The lowest BCUT2D eigenvalue weighted by Crippen LogP contribution is -1.84. The highest BCUT2D eigenvalue weighted by atomic mass is 14.7. The van der Waals surface area contributed by atoms with E-state index in [4.69, 9.17) is 0 Å². The summed E-state index contributed by atoms with van der Waals surface area (Å²) in [6.45, 7) is 10.4. The van der Waals surface area contributed by atoms with Gasteiger partial charge in [0.25, 0.3) is 0 Å².